The molecule has 74 valence electrons. The first-order valence-corrected chi connectivity index (χ1v) is 4.86. The SMILES string of the molecule is C#C[C@H](C(C)C)[C@@H](O)c1ccccc1. The number of aliphatic hydroxyl groups excluding tert-OH is 1. The fourth-order valence-corrected chi connectivity index (χ4v) is 1.51. The Kier molecular flexibility index (Phi) is 3.73. The van der Waals surface area contributed by atoms with E-state index in [1.165, 1.54) is 0 Å². The molecule has 0 unspecified atom stereocenters. The number of aliphatic hydroxyl groups is 1. The molecule has 1 nitrogen and oxygen atoms in total. The molecule has 0 heterocycles. The first-order chi connectivity index (χ1) is 6.66. The van der Waals surface area contributed by atoms with E-state index in [4.69, 9.17) is 6.42 Å². The van der Waals surface area contributed by atoms with E-state index in [0.29, 0.717) is 0 Å². The molecule has 0 aliphatic rings. The van der Waals surface area contributed by atoms with Gasteiger partial charge in [0.05, 0.1) is 12.0 Å². The van der Waals surface area contributed by atoms with Gasteiger partial charge in [0.25, 0.3) is 0 Å². The van der Waals surface area contributed by atoms with Gasteiger partial charge >= 0.3 is 0 Å². The minimum absolute atomic E-state index is 0.114. The fourth-order valence-electron chi connectivity index (χ4n) is 1.51. The van der Waals surface area contributed by atoms with Crippen LogP contribution in [0.15, 0.2) is 30.3 Å². The molecule has 1 heteroatoms. The molecule has 1 aromatic carbocycles. The van der Waals surface area contributed by atoms with Gasteiger partial charge in [0.2, 0.25) is 0 Å². The molecule has 14 heavy (non-hydrogen) atoms. The van der Waals surface area contributed by atoms with Gasteiger partial charge in [-0.2, -0.15) is 0 Å². The summed E-state index contributed by atoms with van der Waals surface area (Å²) in [6, 6.07) is 9.55. The number of hydrogen-bond acceptors (Lipinski definition) is 1. The molecular weight excluding hydrogens is 172 g/mol. The van der Waals surface area contributed by atoms with Gasteiger partial charge in [0.15, 0.2) is 0 Å². The van der Waals surface area contributed by atoms with E-state index in [1.807, 2.05) is 44.2 Å². The van der Waals surface area contributed by atoms with Gasteiger partial charge < -0.3 is 5.11 Å². The molecule has 1 aromatic rings. The molecule has 0 saturated heterocycles. The second-order valence-corrected chi connectivity index (χ2v) is 3.79. The molecule has 0 radical (unpaired) electrons. The second-order valence-electron chi connectivity index (χ2n) is 3.79. The molecule has 1 N–H and O–H groups in total. The molecule has 0 amide bonds. The van der Waals surface area contributed by atoms with Crippen molar-refractivity contribution in [1.82, 2.24) is 0 Å². The first kappa shape index (κ1) is 10.8. The third kappa shape index (κ3) is 2.37. The fraction of sp³-hybridized carbons (Fsp3) is 0.385. The highest BCUT2D eigenvalue weighted by Crippen LogP contribution is 2.26. The molecule has 0 fully saturated rings. The van der Waals surface area contributed by atoms with Gasteiger partial charge in [-0.1, -0.05) is 50.1 Å². The van der Waals surface area contributed by atoms with Crippen LogP contribution in [0.3, 0.4) is 0 Å². The highest BCUT2D eigenvalue weighted by molar-refractivity contribution is 5.20. The van der Waals surface area contributed by atoms with Gasteiger partial charge in [-0.05, 0) is 11.5 Å². The Morgan fingerprint density at radius 1 is 1.21 bits per heavy atom. The molecule has 0 aliphatic heterocycles. The van der Waals surface area contributed by atoms with Crippen LogP contribution in [-0.4, -0.2) is 5.11 Å². The quantitative estimate of drug-likeness (QED) is 0.723. The van der Waals surface area contributed by atoms with Crippen LogP contribution in [0.5, 0.6) is 0 Å². The zero-order valence-electron chi connectivity index (χ0n) is 8.64. The van der Waals surface area contributed by atoms with E-state index in [9.17, 15) is 5.11 Å². The summed E-state index contributed by atoms with van der Waals surface area (Å²) in [5.41, 5.74) is 0.893. The van der Waals surface area contributed by atoms with Crippen molar-refractivity contribution in [3.05, 3.63) is 35.9 Å². The maximum absolute atomic E-state index is 10.0. The Morgan fingerprint density at radius 3 is 2.21 bits per heavy atom. The Morgan fingerprint density at radius 2 is 1.79 bits per heavy atom. The average Bonchev–Trinajstić information content (AvgIpc) is 2.19. The normalized spacial score (nSPS) is 14.8. The molecular formula is C13H16O. The molecule has 0 spiro atoms. The second kappa shape index (κ2) is 4.83. The summed E-state index contributed by atoms with van der Waals surface area (Å²) in [5, 5.41) is 10.0. The minimum atomic E-state index is -0.554. The molecule has 0 aliphatic carbocycles. The van der Waals surface area contributed by atoms with E-state index in [0.717, 1.165) is 5.56 Å². The number of terminal acetylenes is 1. The summed E-state index contributed by atoms with van der Waals surface area (Å²) in [7, 11) is 0. The topological polar surface area (TPSA) is 20.2 Å². The van der Waals surface area contributed by atoms with Crippen LogP contribution in [0.4, 0.5) is 0 Å². The molecule has 0 saturated carbocycles. The van der Waals surface area contributed by atoms with Crippen LogP contribution in [0.1, 0.15) is 25.5 Å². The van der Waals surface area contributed by atoms with Crippen LogP contribution in [0.2, 0.25) is 0 Å². The maximum atomic E-state index is 10.0. The van der Waals surface area contributed by atoms with E-state index in [-0.39, 0.29) is 11.8 Å². The van der Waals surface area contributed by atoms with Crippen molar-refractivity contribution in [2.75, 3.05) is 0 Å². The molecule has 2 atom stereocenters. The Balaban J connectivity index is 2.85. The lowest BCUT2D eigenvalue weighted by Crippen LogP contribution is -2.16. The summed E-state index contributed by atoms with van der Waals surface area (Å²) >= 11 is 0. The van der Waals surface area contributed by atoms with Crippen molar-refractivity contribution in [3.63, 3.8) is 0 Å². The summed E-state index contributed by atoms with van der Waals surface area (Å²) in [6.45, 7) is 4.05. The van der Waals surface area contributed by atoms with Gasteiger partial charge in [0, 0.05) is 0 Å². The van der Waals surface area contributed by atoms with Crippen LogP contribution in [0.25, 0.3) is 0 Å². The van der Waals surface area contributed by atoms with Gasteiger partial charge in [-0.3, -0.25) is 0 Å². The third-order valence-electron chi connectivity index (χ3n) is 2.39. The largest absolute Gasteiger partial charge is 0.387 e. The highest BCUT2D eigenvalue weighted by atomic mass is 16.3. The van der Waals surface area contributed by atoms with Crippen molar-refractivity contribution >= 4 is 0 Å². The van der Waals surface area contributed by atoms with E-state index in [1.54, 1.807) is 0 Å². The van der Waals surface area contributed by atoms with Gasteiger partial charge in [-0.25, -0.2) is 0 Å². The Bertz CT molecular complexity index is 308. The Labute approximate surface area is 85.8 Å². The number of hydrogen-bond donors (Lipinski definition) is 1. The average molecular weight is 188 g/mol. The van der Waals surface area contributed by atoms with Crippen molar-refractivity contribution < 1.29 is 5.11 Å². The van der Waals surface area contributed by atoms with Crippen molar-refractivity contribution in [3.8, 4) is 12.3 Å². The third-order valence-corrected chi connectivity index (χ3v) is 2.39. The summed E-state index contributed by atoms with van der Waals surface area (Å²) < 4.78 is 0. The smallest absolute Gasteiger partial charge is 0.0929 e. The lowest BCUT2D eigenvalue weighted by molar-refractivity contribution is 0.113. The number of rotatable bonds is 3. The first-order valence-electron chi connectivity index (χ1n) is 4.86. The summed E-state index contributed by atoms with van der Waals surface area (Å²) in [6.07, 6.45) is 4.85. The Hall–Kier alpha value is -1.26. The zero-order chi connectivity index (χ0) is 10.6. The maximum Gasteiger partial charge on any atom is 0.0929 e. The van der Waals surface area contributed by atoms with Crippen LogP contribution < -0.4 is 0 Å². The predicted octanol–water partition coefficient (Wildman–Crippen LogP) is 2.63. The monoisotopic (exact) mass is 188 g/mol. The number of benzene rings is 1. The molecule has 0 bridgehead atoms. The minimum Gasteiger partial charge on any atom is -0.387 e. The zero-order valence-corrected chi connectivity index (χ0v) is 8.64. The van der Waals surface area contributed by atoms with Crippen molar-refractivity contribution in [2.24, 2.45) is 11.8 Å². The summed E-state index contributed by atoms with van der Waals surface area (Å²) in [4.78, 5) is 0. The molecule has 0 aromatic heterocycles. The molecule has 1 rings (SSSR count). The van der Waals surface area contributed by atoms with E-state index in [2.05, 4.69) is 5.92 Å². The van der Waals surface area contributed by atoms with Crippen molar-refractivity contribution in [2.45, 2.75) is 20.0 Å². The van der Waals surface area contributed by atoms with E-state index >= 15 is 0 Å². The summed E-state index contributed by atoms with van der Waals surface area (Å²) in [5.74, 6) is 2.82. The van der Waals surface area contributed by atoms with Gasteiger partial charge in [-0.15, -0.1) is 6.42 Å². The highest BCUT2D eigenvalue weighted by Gasteiger charge is 2.21. The van der Waals surface area contributed by atoms with Crippen LogP contribution >= 0.6 is 0 Å². The standard InChI is InChI=1S/C13H16O/c1-4-12(10(2)3)13(14)11-8-6-5-7-9-11/h1,5-10,12-14H,2-3H3/t12-,13+/m1/s1. The lowest BCUT2D eigenvalue weighted by Gasteiger charge is -2.21. The van der Waals surface area contributed by atoms with Crippen LogP contribution in [-0.2, 0) is 0 Å². The van der Waals surface area contributed by atoms with Crippen molar-refractivity contribution in [1.29, 1.82) is 0 Å². The predicted molar refractivity (Wildman–Crippen MR) is 58.6 cm³/mol. The lowest BCUT2D eigenvalue weighted by atomic mass is 9.87. The van der Waals surface area contributed by atoms with Crippen LogP contribution in [0, 0.1) is 24.2 Å². The van der Waals surface area contributed by atoms with Gasteiger partial charge in [0.1, 0.15) is 0 Å². The van der Waals surface area contributed by atoms with E-state index < -0.39 is 6.10 Å².